The van der Waals surface area contributed by atoms with E-state index in [1.807, 2.05) is 0 Å². The molecule has 0 aliphatic carbocycles. The summed E-state index contributed by atoms with van der Waals surface area (Å²) < 4.78 is 39.4. The molecule has 2 N–H and O–H groups in total. The third-order valence-electron chi connectivity index (χ3n) is 4.27. The lowest BCUT2D eigenvalue weighted by Gasteiger charge is -2.12. The van der Waals surface area contributed by atoms with Crippen molar-refractivity contribution in [1.82, 2.24) is 10.1 Å². The fourth-order valence-electron chi connectivity index (χ4n) is 3.03. The van der Waals surface area contributed by atoms with Gasteiger partial charge in [-0.25, -0.2) is 8.42 Å². The lowest BCUT2D eigenvalue weighted by Crippen LogP contribution is -2.13. The number of carbonyl (C=O) groups excluding carboxylic acids is 1. The Bertz CT molecular complexity index is 1170. The number of nitrogens with one attached hydrogen (secondary N) is 2. The van der Waals surface area contributed by atoms with E-state index in [-0.39, 0.29) is 16.7 Å². The Kier molecular flexibility index (Phi) is 5.11. The molecule has 0 saturated carbocycles. The summed E-state index contributed by atoms with van der Waals surface area (Å²) in [6.45, 7) is 4.04. The summed E-state index contributed by atoms with van der Waals surface area (Å²) in [4.78, 5) is 16.4. The number of nitrogens with zero attached hydrogens (tertiary/aromatic N) is 2. The van der Waals surface area contributed by atoms with E-state index in [1.54, 1.807) is 6.92 Å². The van der Waals surface area contributed by atoms with Crippen LogP contribution < -0.4 is 10.0 Å². The van der Waals surface area contributed by atoms with Crippen LogP contribution in [0.25, 0.3) is 11.5 Å². The number of benzene rings is 1. The van der Waals surface area contributed by atoms with Gasteiger partial charge in [-0.1, -0.05) is 5.16 Å². The van der Waals surface area contributed by atoms with Gasteiger partial charge in [-0.15, -0.1) is 11.3 Å². The van der Waals surface area contributed by atoms with Crippen molar-refractivity contribution < 1.29 is 22.5 Å². The number of aryl methyl sites for hydroxylation is 1. The molecule has 1 aliphatic rings. The lowest BCUT2D eigenvalue weighted by atomic mass is 10.1. The van der Waals surface area contributed by atoms with Gasteiger partial charge >= 0.3 is 0 Å². The molecular weight excluding hydrogens is 416 g/mol. The van der Waals surface area contributed by atoms with Crippen molar-refractivity contribution >= 4 is 38.0 Å². The molecule has 1 amide bonds. The van der Waals surface area contributed by atoms with Crippen LogP contribution in [0.2, 0.25) is 0 Å². The van der Waals surface area contributed by atoms with Gasteiger partial charge in [0.1, 0.15) is 5.00 Å². The number of aromatic nitrogens is 2. The standard InChI is InChI=1S/C18H18N4O5S2/c1-10-19-17(27-21-10)16-14-7-8-26-9-15(14)28-18(16)22-29(24,25)13-5-3-12(4-6-13)20-11(2)23/h3-6,22H,7-9H2,1-2H3,(H,20,23). The maximum Gasteiger partial charge on any atom is 0.262 e. The first-order chi connectivity index (χ1) is 13.8. The van der Waals surface area contributed by atoms with Crippen LogP contribution in [-0.2, 0) is 32.6 Å². The second-order valence-corrected chi connectivity index (χ2v) is 9.26. The molecule has 4 rings (SSSR count). The molecule has 29 heavy (non-hydrogen) atoms. The number of hydrogen-bond donors (Lipinski definition) is 2. The van der Waals surface area contributed by atoms with Crippen molar-refractivity contribution in [2.45, 2.75) is 31.8 Å². The molecule has 0 saturated heterocycles. The molecule has 0 radical (unpaired) electrons. The Labute approximate surface area is 171 Å². The Morgan fingerprint density at radius 1 is 1.24 bits per heavy atom. The van der Waals surface area contributed by atoms with Crippen LogP contribution in [0.5, 0.6) is 0 Å². The number of sulfonamides is 1. The number of carbonyl (C=O) groups is 1. The lowest BCUT2D eigenvalue weighted by molar-refractivity contribution is -0.114. The molecule has 1 aliphatic heterocycles. The molecule has 1 aromatic carbocycles. The Morgan fingerprint density at radius 2 is 2.00 bits per heavy atom. The molecule has 0 atom stereocenters. The average molecular weight is 434 g/mol. The van der Waals surface area contributed by atoms with Gasteiger partial charge < -0.3 is 14.6 Å². The van der Waals surface area contributed by atoms with E-state index in [2.05, 4.69) is 20.2 Å². The number of rotatable bonds is 5. The van der Waals surface area contributed by atoms with Crippen molar-refractivity contribution in [3.05, 3.63) is 40.5 Å². The van der Waals surface area contributed by atoms with Crippen molar-refractivity contribution in [1.29, 1.82) is 0 Å². The van der Waals surface area contributed by atoms with E-state index in [0.29, 0.717) is 41.7 Å². The quantitative estimate of drug-likeness (QED) is 0.633. The molecule has 0 unspecified atom stereocenters. The fourth-order valence-corrected chi connectivity index (χ4v) is 5.51. The molecule has 3 aromatic rings. The summed E-state index contributed by atoms with van der Waals surface area (Å²) in [7, 11) is -3.86. The highest BCUT2D eigenvalue weighted by Crippen LogP contribution is 2.43. The number of hydrogen-bond acceptors (Lipinski definition) is 8. The largest absolute Gasteiger partial charge is 0.376 e. The van der Waals surface area contributed by atoms with E-state index in [9.17, 15) is 13.2 Å². The zero-order valence-corrected chi connectivity index (χ0v) is 17.3. The highest BCUT2D eigenvalue weighted by atomic mass is 32.2. The second kappa shape index (κ2) is 7.58. The monoisotopic (exact) mass is 434 g/mol. The van der Waals surface area contributed by atoms with Crippen molar-refractivity contribution in [2.24, 2.45) is 0 Å². The van der Waals surface area contributed by atoms with Gasteiger partial charge in [0.2, 0.25) is 5.91 Å². The summed E-state index contributed by atoms with van der Waals surface area (Å²) >= 11 is 1.30. The minimum absolute atomic E-state index is 0.0712. The zero-order valence-electron chi connectivity index (χ0n) is 15.7. The minimum atomic E-state index is -3.86. The van der Waals surface area contributed by atoms with E-state index in [0.717, 1.165) is 10.4 Å². The molecular formula is C18H18N4O5S2. The topological polar surface area (TPSA) is 123 Å². The third kappa shape index (κ3) is 4.02. The van der Waals surface area contributed by atoms with Crippen molar-refractivity contribution in [3.63, 3.8) is 0 Å². The molecule has 9 nitrogen and oxygen atoms in total. The molecule has 0 spiro atoms. The molecule has 0 bridgehead atoms. The van der Waals surface area contributed by atoms with Gasteiger partial charge in [-0.05, 0) is 43.2 Å². The van der Waals surface area contributed by atoms with E-state index in [4.69, 9.17) is 9.26 Å². The van der Waals surface area contributed by atoms with Crippen molar-refractivity contribution in [3.8, 4) is 11.5 Å². The summed E-state index contributed by atoms with van der Waals surface area (Å²) in [5.41, 5.74) is 2.08. The number of amides is 1. The van der Waals surface area contributed by atoms with Crippen LogP contribution in [0, 0.1) is 6.92 Å². The highest BCUT2D eigenvalue weighted by molar-refractivity contribution is 7.93. The molecule has 152 valence electrons. The minimum Gasteiger partial charge on any atom is -0.376 e. The average Bonchev–Trinajstić information content (AvgIpc) is 3.23. The Morgan fingerprint density at radius 3 is 2.66 bits per heavy atom. The van der Waals surface area contributed by atoms with Crippen LogP contribution >= 0.6 is 11.3 Å². The maximum absolute atomic E-state index is 12.9. The van der Waals surface area contributed by atoms with Crippen LogP contribution in [0.1, 0.15) is 23.2 Å². The number of ether oxygens (including phenoxy) is 1. The number of fused-ring (bicyclic) bond motifs is 1. The first-order valence-corrected chi connectivity index (χ1v) is 11.1. The highest BCUT2D eigenvalue weighted by Gasteiger charge is 2.28. The first-order valence-electron chi connectivity index (χ1n) is 8.77. The van der Waals surface area contributed by atoms with E-state index in [1.165, 1.54) is 42.5 Å². The maximum atomic E-state index is 12.9. The van der Waals surface area contributed by atoms with Gasteiger partial charge in [-0.2, -0.15) is 4.98 Å². The van der Waals surface area contributed by atoms with E-state index < -0.39 is 10.0 Å². The van der Waals surface area contributed by atoms with Crippen molar-refractivity contribution in [2.75, 3.05) is 16.6 Å². The second-order valence-electron chi connectivity index (χ2n) is 6.47. The first kappa shape index (κ1) is 19.6. The molecule has 3 heterocycles. The molecule has 0 fully saturated rings. The normalized spacial score (nSPS) is 13.7. The van der Waals surface area contributed by atoms with Crippen LogP contribution in [0.4, 0.5) is 10.7 Å². The Hall–Kier alpha value is -2.76. The summed E-state index contributed by atoms with van der Waals surface area (Å²) in [5.74, 6) is 0.514. The third-order valence-corrected chi connectivity index (χ3v) is 6.89. The van der Waals surface area contributed by atoms with Gasteiger partial charge in [0.05, 0.1) is 23.7 Å². The summed E-state index contributed by atoms with van der Waals surface area (Å²) in [5, 5.41) is 6.84. The van der Waals surface area contributed by atoms with Crippen LogP contribution in [-0.4, -0.2) is 31.1 Å². The number of thiophene rings is 1. The van der Waals surface area contributed by atoms with Crippen LogP contribution in [0.15, 0.2) is 33.7 Å². The van der Waals surface area contributed by atoms with Gasteiger partial charge in [0.15, 0.2) is 5.82 Å². The SMILES string of the molecule is CC(=O)Nc1ccc(S(=O)(=O)Nc2sc3c(c2-c2nc(C)no2)CCOC3)cc1. The predicted molar refractivity (Wildman–Crippen MR) is 107 cm³/mol. The summed E-state index contributed by atoms with van der Waals surface area (Å²) in [6.07, 6.45) is 0.635. The van der Waals surface area contributed by atoms with Gasteiger partial charge in [0, 0.05) is 17.5 Å². The zero-order chi connectivity index (χ0) is 20.6. The predicted octanol–water partition coefficient (Wildman–Crippen LogP) is 2.94. The van der Waals surface area contributed by atoms with Gasteiger partial charge in [0.25, 0.3) is 15.9 Å². The Balaban J connectivity index is 1.70. The number of anilines is 2. The smallest absolute Gasteiger partial charge is 0.262 e. The van der Waals surface area contributed by atoms with E-state index >= 15 is 0 Å². The van der Waals surface area contributed by atoms with Gasteiger partial charge in [-0.3, -0.25) is 9.52 Å². The molecule has 2 aromatic heterocycles. The molecule has 11 heteroatoms. The summed E-state index contributed by atoms with van der Waals surface area (Å²) in [6, 6.07) is 5.93. The van der Waals surface area contributed by atoms with Crippen LogP contribution in [0.3, 0.4) is 0 Å². The fraction of sp³-hybridized carbons (Fsp3) is 0.278.